The van der Waals surface area contributed by atoms with Gasteiger partial charge in [-0.2, -0.15) is 0 Å². The summed E-state index contributed by atoms with van der Waals surface area (Å²) in [6, 6.07) is 5.99. The number of carbonyl (C=O) groups excluding carboxylic acids is 1. The molecule has 1 aromatic rings. The molecule has 1 fully saturated rings. The zero-order chi connectivity index (χ0) is 13.1. The predicted octanol–water partition coefficient (Wildman–Crippen LogP) is 5.45. The fourth-order valence-corrected chi connectivity index (χ4v) is 3.89. The first-order valence-electron chi connectivity index (χ1n) is 6.62. The van der Waals surface area contributed by atoms with E-state index in [2.05, 4.69) is 45.4 Å². The minimum Gasteiger partial charge on any atom is -0.294 e. The molecule has 0 spiro atoms. The lowest BCUT2D eigenvalue weighted by Gasteiger charge is -2.30. The van der Waals surface area contributed by atoms with Crippen LogP contribution in [0.5, 0.6) is 0 Å². The van der Waals surface area contributed by atoms with E-state index in [1.165, 1.54) is 19.3 Å². The van der Waals surface area contributed by atoms with Gasteiger partial charge in [0.2, 0.25) is 0 Å². The lowest BCUT2D eigenvalue weighted by atomic mass is 9.74. The van der Waals surface area contributed by atoms with Crippen LogP contribution in [0.1, 0.15) is 49.4 Å². The predicted molar refractivity (Wildman–Crippen MR) is 86.9 cm³/mol. The van der Waals surface area contributed by atoms with Crippen LogP contribution in [0.25, 0.3) is 0 Å². The molecule has 0 heterocycles. The van der Waals surface area contributed by atoms with Crippen LogP contribution in [0, 0.1) is 15.4 Å². The highest BCUT2D eigenvalue weighted by atomic mass is 127. The summed E-state index contributed by atoms with van der Waals surface area (Å²) >= 11 is 5.73. The Bertz CT molecular complexity index is 444. The highest BCUT2D eigenvalue weighted by Gasteiger charge is 2.31. The molecule has 0 aromatic heterocycles. The second-order valence-corrected chi connectivity index (χ2v) is 7.13. The first-order valence-corrected chi connectivity index (χ1v) is 8.50. The molecule has 0 bridgehead atoms. The average Bonchev–Trinajstić information content (AvgIpc) is 2.40. The molecule has 0 saturated heterocycles. The van der Waals surface area contributed by atoms with Gasteiger partial charge in [-0.1, -0.05) is 42.1 Å². The number of rotatable bonds is 3. The topological polar surface area (TPSA) is 17.1 Å². The monoisotopic (exact) mass is 420 g/mol. The summed E-state index contributed by atoms with van der Waals surface area (Å²) in [6.07, 6.45) is 5.91. The minimum absolute atomic E-state index is 0.242. The molecule has 0 N–H and O–H groups in total. The van der Waals surface area contributed by atoms with E-state index in [9.17, 15) is 4.79 Å². The maximum Gasteiger partial charge on any atom is 0.167 e. The Labute approximate surface area is 131 Å². The molecular formula is C15H18BrIO. The van der Waals surface area contributed by atoms with E-state index in [0.29, 0.717) is 11.7 Å². The highest BCUT2D eigenvalue weighted by Crippen LogP contribution is 2.35. The SMILES string of the molecule is CCC1CCCCC1C(=O)c1cc(Br)ccc1I. The fourth-order valence-electron chi connectivity index (χ4n) is 2.93. The van der Waals surface area contributed by atoms with E-state index >= 15 is 0 Å². The largest absolute Gasteiger partial charge is 0.294 e. The molecule has 18 heavy (non-hydrogen) atoms. The van der Waals surface area contributed by atoms with Gasteiger partial charge in [0.1, 0.15) is 0 Å². The Morgan fingerprint density at radius 3 is 2.83 bits per heavy atom. The van der Waals surface area contributed by atoms with Crippen LogP contribution < -0.4 is 0 Å². The lowest BCUT2D eigenvalue weighted by molar-refractivity contribution is 0.0819. The van der Waals surface area contributed by atoms with Crippen molar-refractivity contribution in [1.29, 1.82) is 0 Å². The average molecular weight is 421 g/mol. The molecule has 2 atom stereocenters. The van der Waals surface area contributed by atoms with Gasteiger partial charge in [0.05, 0.1) is 0 Å². The Balaban J connectivity index is 2.26. The van der Waals surface area contributed by atoms with Crippen molar-refractivity contribution in [3.8, 4) is 0 Å². The van der Waals surface area contributed by atoms with Crippen molar-refractivity contribution in [2.24, 2.45) is 11.8 Å². The summed E-state index contributed by atoms with van der Waals surface area (Å²) in [7, 11) is 0. The van der Waals surface area contributed by atoms with Crippen molar-refractivity contribution >= 4 is 44.3 Å². The van der Waals surface area contributed by atoms with Crippen LogP contribution in [0.4, 0.5) is 0 Å². The Morgan fingerprint density at radius 2 is 2.11 bits per heavy atom. The molecule has 2 rings (SSSR count). The summed E-state index contributed by atoms with van der Waals surface area (Å²) in [5, 5.41) is 0. The number of hydrogen-bond donors (Lipinski definition) is 0. The van der Waals surface area contributed by atoms with Crippen LogP contribution >= 0.6 is 38.5 Å². The van der Waals surface area contributed by atoms with Crippen molar-refractivity contribution in [3.05, 3.63) is 31.8 Å². The number of Topliss-reactive ketones (excluding diaryl/α,β-unsaturated/α-hetero) is 1. The normalized spacial score (nSPS) is 23.9. The van der Waals surface area contributed by atoms with Crippen molar-refractivity contribution in [2.45, 2.75) is 39.0 Å². The first kappa shape index (κ1) is 14.5. The summed E-state index contributed by atoms with van der Waals surface area (Å²) < 4.78 is 2.07. The number of ketones is 1. The summed E-state index contributed by atoms with van der Waals surface area (Å²) in [4.78, 5) is 12.7. The molecule has 3 heteroatoms. The lowest BCUT2D eigenvalue weighted by Crippen LogP contribution is -2.27. The third-order valence-corrected chi connectivity index (χ3v) is 5.40. The first-order chi connectivity index (χ1) is 8.63. The molecule has 1 aromatic carbocycles. The van der Waals surface area contributed by atoms with Crippen molar-refractivity contribution in [3.63, 3.8) is 0 Å². The smallest absolute Gasteiger partial charge is 0.167 e. The Hall–Kier alpha value is 0.1000. The zero-order valence-electron chi connectivity index (χ0n) is 10.6. The molecule has 1 nitrogen and oxygen atoms in total. The van der Waals surface area contributed by atoms with Gasteiger partial charge in [0.15, 0.2) is 5.78 Å². The second kappa shape index (κ2) is 6.51. The summed E-state index contributed by atoms with van der Waals surface area (Å²) in [5.41, 5.74) is 0.898. The molecule has 0 amide bonds. The standard InChI is InChI=1S/C15H18BrIO/c1-2-10-5-3-4-6-12(10)15(18)13-9-11(16)7-8-14(13)17/h7-10,12H,2-6H2,1H3. The molecule has 1 saturated carbocycles. The van der Waals surface area contributed by atoms with Crippen LogP contribution in [-0.2, 0) is 0 Å². The molecule has 0 aliphatic heterocycles. The maximum absolute atomic E-state index is 12.7. The summed E-state index contributed by atoms with van der Waals surface area (Å²) in [5.74, 6) is 1.18. The van der Waals surface area contributed by atoms with E-state index in [1.807, 2.05) is 18.2 Å². The molecule has 2 unspecified atom stereocenters. The molecule has 98 valence electrons. The van der Waals surface area contributed by atoms with Gasteiger partial charge in [0.25, 0.3) is 0 Å². The van der Waals surface area contributed by atoms with Crippen LogP contribution in [-0.4, -0.2) is 5.78 Å². The maximum atomic E-state index is 12.7. The Kier molecular flexibility index (Phi) is 5.24. The van der Waals surface area contributed by atoms with Gasteiger partial charge in [-0.05, 0) is 59.5 Å². The molecular weight excluding hydrogens is 403 g/mol. The van der Waals surface area contributed by atoms with Gasteiger partial charge in [-0.3, -0.25) is 4.79 Å². The van der Waals surface area contributed by atoms with Crippen molar-refractivity contribution < 1.29 is 4.79 Å². The highest BCUT2D eigenvalue weighted by molar-refractivity contribution is 14.1. The number of benzene rings is 1. The molecule has 1 aliphatic rings. The van der Waals surface area contributed by atoms with Gasteiger partial charge in [0, 0.05) is 19.5 Å². The van der Waals surface area contributed by atoms with E-state index < -0.39 is 0 Å². The van der Waals surface area contributed by atoms with E-state index in [1.54, 1.807) is 0 Å². The third kappa shape index (κ3) is 3.16. The summed E-state index contributed by atoms with van der Waals surface area (Å²) in [6.45, 7) is 2.21. The van der Waals surface area contributed by atoms with Gasteiger partial charge < -0.3 is 0 Å². The molecule has 0 radical (unpaired) electrons. The van der Waals surface area contributed by atoms with Crippen molar-refractivity contribution in [2.75, 3.05) is 0 Å². The Morgan fingerprint density at radius 1 is 1.39 bits per heavy atom. The minimum atomic E-state index is 0.242. The molecule has 1 aliphatic carbocycles. The third-order valence-electron chi connectivity index (χ3n) is 3.96. The van der Waals surface area contributed by atoms with Crippen molar-refractivity contribution in [1.82, 2.24) is 0 Å². The van der Waals surface area contributed by atoms with Gasteiger partial charge >= 0.3 is 0 Å². The van der Waals surface area contributed by atoms with Gasteiger partial charge in [-0.15, -0.1) is 0 Å². The zero-order valence-corrected chi connectivity index (χ0v) is 14.3. The van der Waals surface area contributed by atoms with E-state index in [4.69, 9.17) is 0 Å². The van der Waals surface area contributed by atoms with E-state index in [0.717, 1.165) is 26.4 Å². The number of halogens is 2. The number of hydrogen-bond acceptors (Lipinski definition) is 1. The van der Waals surface area contributed by atoms with E-state index in [-0.39, 0.29) is 5.92 Å². The van der Waals surface area contributed by atoms with Gasteiger partial charge in [-0.25, -0.2) is 0 Å². The number of carbonyl (C=O) groups is 1. The fraction of sp³-hybridized carbons (Fsp3) is 0.533. The second-order valence-electron chi connectivity index (χ2n) is 5.05. The van der Waals surface area contributed by atoms with Crippen LogP contribution in [0.2, 0.25) is 0 Å². The quantitative estimate of drug-likeness (QED) is 0.469. The van der Waals surface area contributed by atoms with Crippen LogP contribution in [0.15, 0.2) is 22.7 Å². The van der Waals surface area contributed by atoms with Crippen LogP contribution in [0.3, 0.4) is 0 Å².